The lowest BCUT2D eigenvalue weighted by atomic mass is 10.1. The van der Waals surface area contributed by atoms with E-state index < -0.39 is 10.8 Å². The van der Waals surface area contributed by atoms with E-state index in [1.54, 1.807) is 11.3 Å². The molecule has 0 aliphatic carbocycles. The molecule has 0 radical (unpaired) electrons. The first-order valence-corrected chi connectivity index (χ1v) is 11.2. The molecule has 1 aliphatic rings. The number of aromatic nitrogens is 1. The van der Waals surface area contributed by atoms with Gasteiger partial charge in [-0.25, -0.2) is 4.98 Å². The maximum atomic E-state index is 11.9. The summed E-state index contributed by atoms with van der Waals surface area (Å²) in [7, 11) is -0.817. The lowest BCUT2D eigenvalue weighted by Crippen LogP contribution is -2.17. The van der Waals surface area contributed by atoms with Crippen molar-refractivity contribution < 1.29 is 9.00 Å². The number of nitrogens with one attached hydrogen (secondary N) is 1. The van der Waals surface area contributed by atoms with E-state index in [1.807, 2.05) is 12.2 Å². The number of hydrogen-bond acceptors (Lipinski definition) is 5. The van der Waals surface area contributed by atoms with Crippen molar-refractivity contribution in [2.75, 3.05) is 11.1 Å². The van der Waals surface area contributed by atoms with Crippen molar-refractivity contribution in [3.8, 4) is 10.6 Å². The molecule has 7 heteroatoms. The quantitative estimate of drug-likeness (QED) is 0.870. The molecule has 2 aromatic heterocycles. The predicted octanol–water partition coefficient (Wildman–Crippen LogP) is 2.79. The van der Waals surface area contributed by atoms with E-state index >= 15 is 0 Å². The summed E-state index contributed by atoms with van der Waals surface area (Å²) in [6, 6.07) is 0. The summed E-state index contributed by atoms with van der Waals surface area (Å²) in [4.78, 5) is 17.4. The Balaban J connectivity index is 2.13. The van der Waals surface area contributed by atoms with Gasteiger partial charge in [0.15, 0.2) is 0 Å². The molecule has 132 valence electrons. The average molecular weight is 393 g/mol. The summed E-state index contributed by atoms with van der Waals surface area (Å²) >= 11 is 3.10. The van der Waals surface area contributed by atoms with Crippen molar-refractivity contribution in [3.05, 3.63) is 32.5 Å². The number of carbonyl (C=O) groups excluding carboxylic acids is 1. The predicted molar refractivity (Wildman–Crippen MR) is 109 cm³/mol. The summed E-state index contributed by atoms with van der Waals surface area (Å²) < 4.78 is 12.9. The molecule has 0 fully saturated rings. The van der Waals surface area contributed by atoms with Gasteiger partial charge in [-0.15, -0.1) is 22.7 Å². The summed E-state index contributed by atoms with van der Waals surface area (Å²) in [6.45, 7) is 7.64. The molecule has 3 rings (SSSR count). The van der Waals surface area contributed by atoms with Crippen LogP contribution in [0.4, 0.5) is 5.00 Å². The van der Waals surface area contributed by atoms with Crippen molar-refractivity contribution in [1.82, 2.24) is 4.98 Å². The Labute approximate surface area is 157 Å². The Morgan fingerprint density at radius 1 is 1.44 bits per heavy atom. The minimum Gasteiger partial charge on any atom is -0.317 e. The van der Waals surface area contributed by atoms with Crippen LogP contribution in [-0.2, 0) is 27.8 Å². The van der Waals surface area contributed by atoms with Crippen molar-refractivity contribution in [3.63, 3.8) is 0 Å². The van der Waals surface area contributed by atoms with Gasteiger partial charge in [0.25, 0.3) is 0 Å². The second-order valence-electron chi connectivity index (χ2n) is 5.76. The molecule has 0 saturated carbocycles. The Morgan fingerprint density at radius 2 is 2.24 bits per heavy atom. The average Bonchev–Trinajstić information content (AvgIpc) is 3.06. The van der Waals surface area contributed by atoms with Gasteiger partial charge in [-0.05, 0) is 24.5 Å². The highest BCUT2D eigenvalue weighted by molar-refractivity contribution is 7.84. The second kappa shape index (κ2) is 7.76. The van der Waals surface area contributed by atoms with E-state index in [0.717, 1.165) is 43.2 Å². The van der Waals surface area contributed by atoms with Gasteiger partial charge in [0.05, 0.1) is 15.6 Å². The number of anilines is 1. The lowest BCUT2D eigenvalue weighted by molar-refractivity contribution is -0.114. The number of allylic oxidation sites excluding steroid dienone is 2. The van der Waals surface area contributed by atoms with E-state index in [0.29, 0.717) is 11.5 Å². The van der Waals surface area contributed by atoms with E-state index in [9.17, 15) is 9.00 Å². The highest BCUT2D eigenvalue weighted by Gasteiger charge is 2.26. The molecule has 0 saturated heterocycles. The molecule has 1 aliphatic heterocycles. The first-order valence-electron chi connectivity index (χ1n) is 8.09. The van der Waals surface area contributed by atoms with Gasteiger partial charge in [-0.2, -0.15) is 0 Å². The molecule has 0 bridgehead atoms. The fraction of sp³-hybridized carbons (Fsp3) is 0.333. The molecular weight excluding hydrogens is 372 g/mol. The van der Waals surface area contributed by atoms with Crippen LogP contribution in [0.25, 0.3) is 23.2 Å². The van der Waals surface area contributed by atoms with E-state index in [1.165, 1.54) is 23.8 Å². The Bertz CT molecular complexity index is 969. The summed E-state index contributed by atoms with van der Waals surface area (Å²) in [5.41, 5.74) is 2.17. The maximum absolute atomic E-state index is 11.9. The monoisotopic (exact) mass is 392 g/mol. The van der Waals surface area contributed by atoms with E-state index in [-0.39, 0.29) is 5.91 Å². The Hall–Kier alpha value is -1.57. The van der Waals surface area contributed by atoms with Crippen molar-refractivity contribution >= 4 is 57.0 Å². The molecule has 1 N–H and O–H groups in total. The van der Waals surface area contributed by atoms with E-state index in [4.69, 9.17) is 0 Å². The van der Waals surface area contributed by atoms with Crippen LogP contribution in [-0.4, -0.2) is 20.9 Å². The molecule has 4 nitrogen and oxygen atoms in total. The first kappa shape index (κ1) is 18.2. The van der Waals surface area contributed by atoms with Crippen molar-refractivity contribution in [2.24, 2.45) is 0 Å². The van der Waals surface area contributed by atoms with Crippen LogP contribution in [0, 0.1) is 0 Å². The summed E-state index contributed by atoms with van der Waals surface area (Å²) in [5, 5.41) is 5.35. The minimum absolute atomic E-state index is 0.106. The normalized spacial score (nSPS) is 17.8. The SMILES string of the molecule is C=c1nc(-c2c(NC(C)=O)sc3c2CCS(=O)C3)sc1=CC=CCC. The Kier molecular flexibility index (Phi) is 5.66. The number of nitrogens with zero attached hydrogens (tertiary/aromatic N) is 1. The van der Waals surface area contributed by atoms with Gasteiger partial charge in [-0.3, -0.25) is 9.00 Å². The van der Waals surface area contributed by atoms with Gasteiger partial charge < -0.3 is 5.32 Å². The van der Waals surface area contributed by atoms with Crippen LogP contribution in [0.15, 0.2) is 12.2 Å². The van der Waals surface area contributed by atoms with Crippen LogP contribution in [0.5, 0.6) is 0 Å². The number of amides is 1. The van der Waals surface area contributed by atoms with Crippen LogP contribution < -0.4 is 15.2 Å². The molecule has 3 heterocycles. The number of rotatable bonds is 4. The molecule has 0 spiro atoms. The van der Waals surface area contributed by atoms with Crippen LogP contribution in [0.1, 0.15) is 30.7 Å². The first-order chi connectivity index (χ1) is 12.0. The molecule has 2 aromatic rings. The van der Waals surface area contributed by atoms with Crippen LogP contribution in [0.3, 0.4) is 0 Å². The molecule has 1 amide bonds. The van der Waals surface area contributed by atoms with Gasteiger partial charge in [0.1, 0.15) is 10.0 Å². The third-order valence-electron chi connectivity index (χ3n) is 3.81. The highest BCUT2D eigenvalue weighted by atomic mass is 32.2. The zero-order valence-corrected chi connectivity index (χ0v) is 16.7. The molecule has 1 unspecified atom stereocenters. The third-order valence-corrected chi connectivity index (χ3v) is 7.49. The fourth-order valence-electron chi connectivity index (χ4n) is 2.69. The Morgan fingerprint density at radius 3 is 2.96 bits per heavy atom. The summed E-state index contributed by atoms with van der Waals surface area (Å²) in [6.07, 6.45) is 7.87. The fourth-order valence-corrected chi connectivity index (χ4v) is 6.52. The minimum atomic E-state index is -0.817. The van der Waals surface area contributed by atoms with Crippen LogP contribution >= 0.6 is 22.7 Å². The summed E-state index contributed by atoms with van der Waals surface area (Å²) in [5.74, 6) is 1.12. The lowest BCUT2D eigenvalue weighted by Gasteiger charge is -2.11. The molecule has 1 atom stereocenters. The van der Waals surface area contributed by atoms with Gasteiger partial charge in [0.2, 0.25) is 5.91 Å². The zero-order valence-electron chi connectivity index (χ0n) is 14.3. The zero-order chi connectivity index (χ0) is 18.0. The number of hydrogen-bond donors (Lipinski definition) is 1. The number of carbonyl (C=O) groups is 1. The molecule has 0 aromatic carbocycles. The molecular formula is C18H20N2O2S3. The van der Waals surface area contributed by atoms with Crippen molar-refractivity contribution in [1.29, 1.82) is 0 Å². The van der Waals surface area contributed by atoms with Gasteiger partial charge in [-0.1, -0.05) is 25.7 Å². The van der Waals surface area contributed by atoms with Gasteiger partial charge in [0, 0.05) is 33.9 Å². The topological polar surface area (TPSA) is 59.1 Å². The van der Waals surface area contributed by atoms with Crippen LogP contribution in [0.2, 0.25) is 0 Å². The van der Waals surface area contributed by atoms with E-state index in [2.05, 4.69) is 29.9 Å². The largest absolute Gasteiger partial charge is 0.317 e. The standard InChI is InChI=1S/C18H20N2O2S3/c1-4-5-6-7-14-11(2)19-17(23-14)16-13-8-9-25(22)10-15(13)24-18(16)20-12(3)21/h5-7H,2,4,8-10H2,1,3H3,(H,20,21). The maximum Gasteiger partial charge on any atom is 0.221 e. The molecule has 25 heavy (non-hydrogen) atoms. The van der Waals surface area contributed by atoms with Crippen molar-refractivity contribution in [2.45, 2.75) is 32.4 Å². The highest BCUT2D eigenvalue weighted by Crippen LogP contribution is 2.43. The number of thiazole rings is 1. The second-order valence-corrected chi connectivity index (χ2v) is 9.47. The third kappa shape index (κ3) is 3.99. The smallest absolute Gasteiger partial charge is 0.221 e. The number of thiophene rings is 1. The number of fused-ring (bicyclic) bond motifs is 1. The van der Waals surface area contributed by atoms with Gasteiger partial charge >= 0.3 is 0 Å².